The molecular weight excluding hydrogens is 300 g/mol. The van der Waals surface area contributed by atoms with Crippen molar-refractivity contribution in [2.45, 2.75) is 90.7 Å². The Morgan fingerprint density at radius 2 is 1.67 bits per heavy atom. The second-order valence-electron chi connectivity index (χ2n) is 8.86. The molecule has 0 aromatic rings. The Kier molecular flexibility index (Phi) is 7.39. The van der Waals surface area contributed by atoms with E-state index in [-0.39, 0.29) is 17.6 Å². The summed E-state index contributed by atoms with van der Waals surface area (Å²) in [4.78, 5) is 14.6. The van der Waals surface area contributed by atoms with E-state index in [9.17, 15) is 4.79 Å². The molecule has 0 radical (unpaired) electrons. The molecule has 0 aromatic heterocycles. The fraction of sp³-hybridized carbons (Fsp3) is 0.950. The van der Waals surface area contributed by atoms with Crippen LogP contribution in [0.3, 0.4) is 0 Å². The summed E-state index contributed by atoms with van der Waals surface area (Å²) < 4.78 is 6.03. The summed E-state index contributed by atoms with van der Waals surface area (Å²) in [5.74, 6) is 0.424. The Morgan fingerprint density at radius 1 is 1.04 bits per heavy atom. The van der Waals surface area contributed by atoms with Gasteiger partial charge >= 0.3 is 6.03 Å². The Bertz CT molecular complexity index is 384. The molecule has 4 nitrogen and oxygen atoms in total. The van der Waals surface area contributed by atoms with E-state index in [1.54, 1.807) is 0 Å². The van der Waals surface area contributed by atoms with Crippen LogP contribution in [0.25, 0.3) is 0 Å². The molecule has 1 saturated carbocycles. The number of nitrogens with zero attached hydrogens (tertiary/aromatic N) is 1. The summed E-state index contributed by atoms with van der Waals surface area (Å²) >= 11 is 0. The fourth-order valence-electron chi connectivity index (χ4n) is 4.34. The van der Waals surface area contributed by atoms with E-state index in [1.165, 1.54) is 32.1 Å². The summed E-state index contributed by atoms with van der Waals surface area (Å²) in [7, 11) is 1.97. The first-order valence-electron chi connectivity index (χ1n) is 10.0. The number of rotatable bonds is 3. The molecule has 2 aliphatic rings. The van der Waals surface area contributed by atoms with E-state index in [0.717, 1.165) is 38.8 Å². The molecule has 1 N–H and O–H groups in total. The van der Waals surface area contributed by atoms with Crippen molar-refractivity contribution < 1.29 is 9.53 Å². The van der Waals surface area contributed by atoms with Crippen molar-refractivity contribution in [2.75, 3.05) is 20.2 Å². The summed E-state index contributed by atoms with van der Waals surface area (Å²) in [6.45, 7) is 8.29. The molecule has 1 aliphatic carbocycles. The van der Waals surface area contributed by atoms with Gasteiger partial charge in [0.25, 0.3) is 0 Å². The zero-order valence-electron chi connectivity index (χ0n) is 16.3. The number of hydrogen-bond acceptors (Lipinski definition) is 2. The highest BCUT2D eigenvalue weighted by Gasteiger charge is 2.35. The average Bonchev–Trinajstić information content (AvgIpc) is 2.51. The lowest BCUT2D eigenvalue weighted by Crippen LogP contribution is -2.49. The number of urea groups is 1. The molecule has 0 unspecified atom stereocenters. The monoisotopic (exact) mass is 338 g/mol. The molecule has 2 rings (SSSR count). The van der Waals surface area contributed by atoms with Gasteiger partial charge in [0.15, 0.2) is 0 Å². The lowest BCUT2D eigenvalue weighted by molar-refractivity contribution is -0.0839. The zero-order valence-corrected chi connectivity index (χ0v) is 16.3. The van der Waals surface area contributed by atoms with Crippen LogP contribution in [0.15, 0.2) is 0 Å². The molecule has 1 aliphatic heterocycles. The van der Waals surface area contributed by atoms with Crippen molar-refractivity contribution in [1.29, 1.82) is 0 Å². The van der Waals surface area contributed by atoms with Gasteiger partial charge in [-0.15, -0.1) is 0 Å². The molecule has 0 aromatic carbocycles. The van der Waals surface area contributed by atoms with E-state index >= 15 is 0 Å². The van der Waals surface area contributed by atoms with Crippen LogP contribution in [0, 0.1) is 11.3 Å². The van der Waals surface area contributed by atoms with Gasteiger partial charge in [0.05, 0.1) is 6.10 Å². The van der Waals surface area contributed by atoms with Crippen LogP contribution >= 0.6 is 0 Å². The lowest BCUT2D eigenvalue weighted by Gasteiger charge is -2.40. The van der Waals surface area contributed by atoms with E-state index in [2.05, 4.69) is 26.1 Å². The van der Waals surface area contributed by atoms with Crippen LogP contribution in [-0.2, 0) is 4.74 Å². The minimum atomic E-state index is 0.0961. The number of hydrogen-bond donors (Lipinski definition) is 1. The van der Waals surface area contributed by atoms with Gasteiger partial charge in [0, 0.05) is 32.2 Å². The van der Waals surface area contributed by atoms with Gasteiger partial charge < -0.3 is 15.0 Å². The highest BCUT2D eigenvalue weighted by Crippen LogP contribution is 2.33. The van der Waals surface area contributed by atoms with Gasteiger partial charge in [-0.3, -0.25) is 0 Å². The maximum absolute atomic E-state index is 12.6. The standard InChI is InChI=1S/C20H38N2O2/c1-20(2,3)18-16(11-10-14-24-18)15-21-19(23)22(4)17-12-8-6-5-7-9-13-17/h16-18H,5-15H2,1-4H3,(H,21,23)/t16-,18+/m0/s1. The van der Waals surface area contributed by atoms with Crippen molar-refractivity contribution in [3.63, 3.8) is 0 Å². The predicted octanol–water partition coefficient (Wildman–Crippen LogP) is 4.58. The molecule has 0 spiro atoms. The third kappa shape index (κ3) is 5.65. The third-order valence-electron chi connectivity index (χ3n) is 5.76. The highest BCUT2D eigenvalue weighted by atomic mass is 16.5. The molecule has 4 heteroatoms. The summed E-state index contributed by atoms with van der Waals surface area (Å²) in [5, 5.41) is 3.19. The first-order valence-corrected chi connectivity index (χ1v) is 10.0. The zero-order chi connectivity index (χ0) is 17.6. The minimum absolute atomic E-state index is 0.0961. The van der Waals surface area contributed by atoms with Crippen LogP contribution in [0.2, 0.25) is 0 Å². The van der Waals surface area contributed by atoms with Crippen LogP contribution < -0.4 is 5.32 Å². The molecule has 0 bridgehead atoms. The van der Waals surface area contributed by atoms with E-state index < -0.39 is 0 Å². The highest BCUT2D eigenvalue weighted by molar-refractivity contribution is 5.74. The van der Waals surface area contributed by atoms with Gasteiger partial charge in [0.2, 0.25) is 0 Å². The first-order chi connectivity index (χ1) is 11.4. The van der Waals surface area contributed by atoms with Gasteiger partial charge in [-0.1, -0.05) is 52.9 Å². The number of ether oxygens (including phenoxy) is 1. The molecule has 2 fully saturated rings. The third-order valence-corrected chi connectivity index (χ3v) is 5.76. The number of carbonyl (C=O) groups excluding carboxylic acids is 1. The molecule has 1 heterocycles. The van der Waals surface area contributed by atoms with E-state index in [4.69, 9.17) is 4.74 Å². The quantitative estimate of drug-likeness (QED) is 0.818. The molecule has 2 atom stereocenters. The average molecular weight is 339 g/mol. The van der Waals surface area contributed by atoms with Gasteiger partial charge in [-0.25, -0.2) is 4.79 Å². The van der Waals surface area contributed by atoms with Gasteiger partial charge in [-0.05, 0) is 31.1 Å². The minimum Gasteiger partial charge on any atom is -0.377 e. The first kappa shape index (κ1) is 19.6. The van der Waals surface area contributed by atoms with Crippen LogP contribution in [-0.4, -0.2) is 43.3 Å². The van der Waals surface area contributed by atoms with Gasteiger partial charge in [-0.2, -0.15) is 0 Å². The summed E-state index contributed by atoms with van der Waals surface area (Å²) in [6, 6.07) is 0.505. The van der Waals surface area contributed by atoms with Crippen LogP contribution in [0.4, 0.5) is 4.79 Å². The lowest BCUT2D eigenvalue weighted by atomic mass is 9.78. The second kappa shape index (κ2) is 9.07. The topological polar surface area (TPSA) is 41.6 Å². The van der Waals surface area contributed by atoms with Crippen molar-refractivity contribution >= 4 is 6.03 Å². The van der Waals surface area contributed by atoms with Gasteiger partial charge in [0.1, 0.15) is 0 Å². The molecule has 2 amide bonds. The Balaban J connectivity index is 1.84. The fourth-order valence-corrected chi connectivity index (χ4v) is 4.34. The normalized spacial score (nSPS) is 27.2. The largest absolute Gasteiger partial charge is 0.377 e. The number of nitrogens with one attached hydrogen (secondary N) is 1. The smallest absolute Gasteiger partial charge is 0.317 e. The Labute approximate surface area is 148 Å². The summed E-state index contributed by atoms with van der Waals surface area (Å²) in [6.07, 6.45) is 11.3. The predicted molar refractivity (Wildman–Crippen MR) is 99.2 cm³/mol. The molecule has 1 saturated heterocycles. The molecule has 24 heavy (non-hydrogen) atoms. The second-order valence-corrected chi connectivity index (χ2v) is 8.86. The molecule has 140 valence electrons. The number of amides is 2. The van der Waals surface area contributed by atoms with Crippen LogP contribution in [0.5, 0.6) is 0 Å². The van der Waals surface area contributed by atoms with Crippen LogP contribution in [0.1, 0.15) is 78.6 Å². The Hall–Kier alpha value is -0.770. The maximum Gasteiger partial charge on any atom is 0.317 e. The van der Waals surface area contributed by atoms with Crippen molar-refractivity contribution in [1.82, 2.24) is 10.2 Å². The maximum atomic E-state index is 12.6. The molecular formula is C20H38N2O2. The SMILES string of the molecule is CN(C(=O)NC[C@@H]1CCCO[C@H]1C(C)(C)C)C1CCCCCCC1. The van der Waals surface area contributed by atoms with Crippen molar-refractivity contribution in [3.05, 3.63) is 0 Å². The Morgan fingerprint density at radius 3 is 2.29 bits per heavy atom. The van der Waals surface area contributed by atoms with E-state index in [1.807, 2.05) is 11.9 Å². The van der Waals surface area contributed by atoms with Crippen molar-refractivity contribution in [2.24, 2.45) is 11.3 Å². The number of carbonyl (C=O) groups is 1. The van der Waals surface area contributed by atoms with E-state index in [0.29, 0.717) is 12.0 Å². The summed E-state index contributed by atoms with van der Waals surface area (Å²) in [5.41, 5.74) is 0.126. The van der Waals surface area contributed by atoms with Crippen molar-refractivity contribution in [3.8, 4) is 0 Å².